The standard InChI is InChI=1S/C20H26FN5O4/c1-20(2,3)30-19(28)26-6-5-16(14(21)9-26)29-18-13(17(22)27)7-12(8-23-18)15-10-25(4)11-24-15/h7-8,10-11,14,16H,5-6,9H2,1-4H3,(H2,22,27)/t14-,16+/m0/s1. The van der Waals surface area contributed by atoms with E-state index in [4.69, 9.17) is 15.2 Å². The van der Waals surface area contributed by atoms with Gasteiger partial charge in [-0.15, -0.1) is 0 Å². The molecule has 30 heavy (non-hydrogen) atoms. The summed E-state index contributed by atoms with van der Waals surface area (Å²) in [5.41, 5.74) is 6.07. The molecule has 10 heteroatoms. The van der Waals surface area contributed by atoms with Crippen LogP contribution in [-0.4, -0.2) is 62.4 Å². The van der Waals surface area contributed by atoms with Crippen LogP contribution in [0.2, 0.25) is 0 Å². The van der Waals surface area contributed by atoms with Gasteiger partial charge in [-0.2, -0.15) is 0 Å². The van der Waals surface area contributed by atoms with Crippen LogP contribution in [0.3, 0.4) is 0 Å². The first-order valence-corrected chi connectivity index (χ1v) is 9.60. The number of pyridine rings is 1. The first kappa shape index (κ1) is 21.5. The van der Waals surface area contributed by atoms with Crippen LogP contribution in [0.5, 0.6) is 5.88 Å². The van der Waals surface area contributed by atoms with Gasteiger partial charge in [-0.3, -0.25) is 4.79 Å². The Morgan fingerprint density at radius 3 is 2.60 bits per heavy atom. The van der Waals surface area contributed by atoms with Gasteiger partial charge in [0.2, 0.25) is 5.88 Å². The normalized spacial score (nSPS) is 19.4. The Hall–Kier alpha value is -3.17. The number of rotatable bonds is 4. The first-order chi connectivity index (χ1) is 14.0. The number of carbonyl (C=O) groups is 2. The molecule has 162 valence electrons. The first-order valence-electron chi connectivity index (χ1n) is 9.60. The molecule has 1 aliphatic rings. The third-order valence-electron chi connectivity index (χ3n) is 4.51. The quantitative estimate of drug-likeness (QED) is 0.814. The minimum Gasteiger partial charge on any atom is -0.471 e. The van der Waals surface area contributed by atoms with Gasteiger partial charge in [0.1, 0.15) is 17.3 Å². The van der Waals surface area contributed by atoms with Gasteiger partial charge >= 0.3 is 6.09 Å². The zero-order chi connectivity index (χ0) is 22.1. The number of hydrogen-bond donors (Lipinski definition) is 1. The number of nitrogens with zero attached hydrogens (tertiary/aromatic N) is 4. The van der Waals surface area contributed by atoms with E-state index in [1.54, 1.807) is 37.9 Å². The lowest BCUT2D eigenvalue weighted by Crippen LogP contribution is -2.50. The van der Waals surface area contributed by atoms with Crippen molar-refractivity contribution < 1.29 is 23.5 Å². The summed E-state index contributed by atoms with van der Waals surface area (Å²) < 4.78 is 27.5. The Labute approximate surface area is 174 Å². The highest BCUT2D eigenvalue weighted by Gasteiger charge is 2.35. The predicted octanol–water partition coefficient (Wildman–Crippen LogP) is 2.31. The Balaban J connectivity index is 1.72. The number of carbonyl (C=O) groups excluding carboxylic acids is 2. The number of ether oxygens (including phenoxy) is 2. The van der Waals surface area contributed by atoms with Crippen LogP contribution < -0.4 is 10.5 Å². The molecular weight excluding hydrogens is 393 g/mol. The van der Waals surface area contributed by atoms with E-state index in [1.165, 1.54) is 17.2 Å². The molecule has 3 heterocycles. The highest BCUT2D eigenvalue weighted by molar-refractivity contribution is 5.96. The van der Waals surface area contributed by atoms with Crippen LogP contribution >= 0.6 is 0 Å². The van der Waals surface area contributed by atoms with Crippen molar-refractivity contribution in [1.29, 1.82) is 0 Å². The molecule has 2 aromatic rings. The average Bonchev–Trinajstić information content (AvgIpc) is 3.08. The molecule has 0 spiro atoms. The second-order valence-electron chi connectivity index (χ2n) is 8.25. The molecule has 1 fully saturated rings. The van der Waals surface area contributed by atoms with Crippen molar-refractivity contribution in [2.24, 2.45) is 12.8 Å². The number of halogens is 1. The Bertz CT molecular complexity index is 940. The number of alkyl halides is 1. The highest BCUT2D eigenvalue weighted by Crippen LogP contribution is 2.27. The molecule has 0 saturated carbocycles. The number of hydrogen-bond acceptors (Lipinski definition) is 6. The van der Waals surface area contributed by atoms with Crippen LogP contribution in [0.1, 0.15) is 37.6 Å². The summed E-state index contributed by atoms with van der Waals surface area (Å²) >= 11 is 0. The molecule has 0 aromatic carbocycles. The maximum Gasteiger partial charge on any atom is 0.410 e. The van der Waals surface area contributed by atoms with Gasteiger partial charge < -0.3 is 24.7 Å². The van der Waals surface area contributed by atoms with Crippen LogP contribution in [0.25, 0.3) is 11.3 Å². The largest absolute Gasteiger partial charge is 0.471 e. The van der Waals surface area contributed by atoms with Gasteiger partial charge in [0, 0.05) is 38.0 Å². The predicted molar refractivity (Wildman–Crippen MR) is 107 cm³/mol. The van der Waals surface area contributed by atoms with Crippen LogP contribution in [0.15, 0.2) is 24.8 Å². The second kappa shape index (κ2) is 8.29. The van der Waals surface area contributed by atoms with E-state index in [0.717, 1.165) is 0 Å². The SMILES string of the molecule is Cn1cnc(-c2cnc(O[C@@H]3CCN(C(=O)OC(C)(C)C)C[C@@H]3F)c(C(N)=O)c2)c1. The fraction of sp³-hybridized carbons (Fsp3) is 0.500. The molecule has 0 radical (unpaired) electrons. The number of amides is 2. The summed E-state index contributed by atoms with van der Waals surface area (Å²) in [6, 6.07) is 1.52. The average molecular weight is 419 g/mol. The number of aromatic nitrogens is 3. The maximum atomic E-state index is 14.7. The van der Waals surface area contributed by atoms with E-state index in [9.17, 15) is 14.0 Å². The molecule has 2 amide bonds. The summed E-state index contributed by atoms with van der Waals surface area (Å²) in [6.07, 6.45) is 2.20. The van der Waals surface area contributed by atoms with E-state index in [2.05, 4.69) is 9.97 Å². The molecule has 0 aliphatic carbocycles. The summed E-state index contributed by atoms with van der Waals surface area (Å²) in [5, 5.41) is 0. The fourth-order valence-corrected chi connectivity index (χ4v) is 3.08. The number of piperidine rings is 1. The zero-order valence-electron chi connectivity index (χ0n) is 17.5. The van der Waals surface area contributed by atoms with Crippen LogP contribution in [0, 0.1) is 0 Å². The summed E-state index contributed by atoms with van der Waals surface area (Å²) in [5.74, 6) is -0.780. The van der Waals surface area contributed by atoms with E-state index in [0.29, 0.717) is 11.3 Å². The number of likely N-dealkylation sites (tertiary alicyclic amines) is 1. The van der Waals surface area contributed by atoms with Gasteiger partial charge in [0.15, 0.2) is 6.17 Å². The molecule has 9 nitrogen and oxygen atoms in total. The molecule has 2 N–H and O–H groups in total. The zero-order valence-corrected chi connectivity index (χ0v) is 17.5. The minimum atomic E-state index is -1.47. The number of primary amides is 1. The van der Waals surface area contributed by atoms with Crippen molar-refractivity contribution >= 4 is 12.0 Å². The van der Waals surface area contributed by atoms with Crippen LogP contribution in [0.4, 0.5) is 9.18 Å². The Morgan fingerprint density at radius 1 is 1.30 bits per heavy atom. The third-order valence-corrected chi connectivity index (χ3v) is 4.51. The Morgan fingerprint density at radius 2 is 2.03 bits per heavy atom. The van der Waals surface area contributed by atoms with Gasteiger partial charge in [0.05, 0.1) is 18.6 Å². The summed E-state index contributed by atoms with van der Waals surface area (Å²) in [7, 11) is 1.82. The smallest absolute Gasteiger partial charge is 0.410 e. The van der Waals surface area contributed by atoms with Crippen molar-refractivity contribution in [2.45, 2.75) is 45.1 Å². The summed E-state index contributed by atoms with van der Waals surface area (Å²) in [4.78, 5) is 33.8. The van der Waals surface area contributed by atoms with Gasteiger partial charge in [-0.05, 0) is 26.8 Å². The number of aryl methyl sites for hydroxylation is 1. The van der Waals surface area contributed by atoms with Crippen molar-refractivity contribution in [2.75, 3.05) is 13.1 Å². The molecule has 2 atom stereocenters. The van der Waals surface area contributed by atoms with E-state index >= 15 is 0 Å². The number of imidazole rings is 1. The number of nitrogens with two attached hydrogens (primary N) is 1. The topological polar surface area (TPSA) is 113 Å². The van der Waals surface area contributed by atoms with E-state index < -0.39 is 29.9 Å². The van der Waals surface area contributed by atoms with Crippen molar-refractivity contribution in [1.82, 2.24) is 19.4 Å². The maximum absolute atomic E-state index is 14.7. The van der Waals surface area contributed by atoms with Crippen molar-refractivity contribution in [3.63, 3.8) is 0 Å². The lowest BCUT2D eigenvalue weighted by molar-refractivity contribution is -0.0115. The van der Waals surface area contributed by atoms with Crippen LogP contribution in [-0.2, 0) is 11.8 Å². The van der Waals surface area contributed by atoms with Gasteiger partial charge in [0.25, 0.3) is 5.91 Å². The van der Waals surface area contributed by atoms with E-state index in [1.807, 2.05) is 7.05 Å². The van der Waals surface area contributed by atoms with Gasteiger partial charge in [-0.25, -0.2) is 19.2 Å². The monoisotopic (exact) mass is 419 g/mol. The molecule has 0 bridgehead atoms. The lowest BCUT2D eigenvalue weighted by Gasteiger charge is -2.35. The Kier molecular flexibility index (Phi) is 5.95. The molecule has 1 aliphatic heterocycles. The third kappa shape index (κ3) is 5.05. The highest BCUT2D eigenvalue weighted by atomic mass is 19.1. The molecule has 1 saturated heterocycles. The van der Waals surface area contributed by atoms with Crippen molar-refractivity contribution in [3.05, 3.63) is 30.4 Å². The lowest BCUT2D eigenvalue weighted by atomic mass is 10.1. The van der Waals surface area contributed by atoms with Gasteiger partial charge in [-0.1, -0.05) is 0 Å². The molecule has 0 unspecified atom stereocenters. The second-order valence-corrected chi connectivity index (χ2v) is 8.25. The van der Waals surface area contributed by atoms with Crippen molar-refractivity contribution in [3.8, 4) is 17.1 Å². The van der Waals surface area contributed by atoms with E-state index in [-0.39, 0.29) is 31.0 Å². The molecule has 2 aromatic heterocycles. The summed E-state index contributed by atoms with van der Waals surface area (Å²) in [6.45, 7) is 5.34. The fourth-order valence-electron chi connectivity index (χ4n) is 3.08. The molecule has 3 rings (SSSR count). The minimum absolute atomic E-state index is 0.0412. The molecular formula is C20H26FN5O4.